The molecule has 8 aromatic carbocycles. The quantitative estimate of drug-likeness (QED) is 0.113. The third-order valence-corrected chi connectivity index (χ3v) is 18.5. The van der Waals surface area contributed by atoms with Crippen LogP contribution in [0.4, 0.5) is 0 Å². The van der Waals surface area contributed by atoms with Gasteiger partial charge < -0.3 is 0 Å². The second-order valence-electron chi connectivity index (χ2n) is 17.1. The second kappa shape index (κ2) is 15.5. The fourth-order valence-corrected chi connectivity index (χ4v) is 15.7. The van der Waals surface area contributed by atoms with Crippen molar-refractivity contribution in [2.75, 3.05) is 0 Å². The summed E-state index contributed by atoms with van der Waals surface area (Å²) in [7, 11) is -2.88. The normalized spacial score (nSPS) is 13.7. The molecule has 5 heteroatoms. The van der Waals surface area contributed by atoms with Gasteiger partial charge in [0, 0.05) is 33.2 Å². The molecule has 1 aliphatic rings. The van der Waals surface area contributed by atoms with Gasteiger partial charge in [-0.3, -0.25) is 9.13 Å². The van der Waals surface area contributed by atoms with Crippen molar-refractivity contribution in [1.29, 1.82) is 0 Å². The van der Waals surface area contributed by atoms with Gasteiger partial charge in [0.2, 0.25) is 0 Å². The molecular formula is C58H46N4Si. The molecule has 0 saturated heterocycles. The van der Waals surface area contributed by atoms with Crippen LogP contribution in [0.15, 0.2) is 212 Å². The van der Waals surface area contributed by atoms with Gasteiger partial charge in [0.1, 0.15) is 11.6 Å². The fourth-order valence-electron chi connectivity index (χ4n) is 10.9. The van der Waals surface area contributed by atoms with Gasteiger partial charge in [0.05, 0.1) is 22.1 Å². The average Bonchev–Trinajstić information content (AvgIpc) is 3.89. The van der Waals surface area contributed by atoms with Gasteiger partial charge in [0.15, 0.2) is 13.9 Å². The molecule has 0 bridgehead atoms. The molecule has 0 amide bonds. The molecule has 0 aliphatic heterocycles. The van der Waals surface area contributed by atoms with Crippen molar-refractivity contribution in [2.24, 2.45) is 0 Å². The van der Waals surface area contributed by atoms with Crippen LogP contribution in [0, 0.1) is 0 Å². The summed E-state index contributed by atoms with van der Waals surface area (Å²) in [4.78, 5) is 11.5. The first-order valence-corrected chi connectivity index (χ1v) is 24.4. The Labute approximate surface area is 368 Å². The monoisotopic (exact) mass is 826 g/mol. The Balaban J connectivity index is 1.21. The first kappa shape index (κ1) is 37.4. The van der Waals surface area contributed by atoms with Crippen molar-refractivity contribution in [3.8, 4) is 23.0 Å². The van der Waals surface area contributed by atoms with Crippen LogP contribution in [0.3, 0.4) is 0 Å². The van der Waals surface area contributed by atoms with Crippen LogP contribution < -0.4 is 20.7 Å². The summed E-state index contributed by atoms with van der Waals surface area (Å²) in [6.07, 6.45) is 6.08. The van der Waals surface area contributed by atoms with Gasteiger partial charge in [-0.25, -0.2) is 9.97 Å². The number of fused-ring (bicyclic) bond motifs is 6. The summed E-state index contributed by atoms with van der Waals surface area (Å²) in [5.74, 6) is 2.88. The second-order valence-corrected chi connectivity index (χ2v) is 20.9. The van der Waals surface area contributed by atoms with Gasteiger partial charge in [-0.15, -0.1) is 0 Å². The summed E-state index contributed by atoms with van der Waals surface area (Å²) in [5.41, 5.74) is 6.98. The molecule has 1 saturated carbocycles. The summed E-state index contributed by atoms with van der Waals surface area (Å²) < 4.78 is 4.71. The van der Waals surface area contributed by atoms with Crippen molar-refractivity contribution < 1.29 is 0 Å². The lowest BCUT2D eigenvalue weighted by atomic mass is 9.82. The largest absolute Gasteiger partial charge is 0.294 e. The Bertz CT molecular complexity index is 3100. The molecule has 0 N–H and O–H groups in total. The number of rotatable bonds is 8. The lowest BCUT2D eigenvalue weighted by Gasteiger charge is -2.35. The van der Waals surface area contributed by atoms with Crippen molar-refractivity contribution in [3.63, 3.8) is 0 Å². The highest BCUT2D eigenvalue weighted by atomic mass is 28.3. The third kappa shape index (κ3) is 6.10. The van der Waals surface area contributed by atoms with E-state index >= 15 is 0 Å². The average molecular weight is 827 g/mol. The highest BCUT2D eigenvalue weighted by Gasteiger charge is 2.42. The maximum Gasteiger partial charge on any atom is 0.179 e. The molecule has 4 nitrogen and oxygen atoms in total. The van der Waals surface area contributed by atoms with Gasteiger partial charge in [-0.2, -0.15) is 0 Å². The summed E-state index contributed by atoms with van der Waals surface area (Å²) in [5, 5.41) is 10.2. The van der Waals surface area contributed by atoms with Crippen LogP contribution in [0.5, 0.6) is 0 Å². The number of hydrogen-bond donors (Lipinski definition) is 0. The number of para-hydroxylation sites is 4. The zero-order chi connectivity index (χ0) is 41.7. The smallest absolute Gasteiger partial charge is 0.179 e. The van der Waals surface area contributed by atoms with Crippen LogP contribution in [0.1, 0.15) is 43.6 Å². The molecule has 0 atom stereocenters. The number of hydrogen-bond acceptors (Lipinski definition) is 2. The SMILES string of the molecule is c1ccc([Si](c2ccccc2)(c2ccccc2)c2ccc(C3CCCCC3)c(-c3nc(-n4c5ccccc5c5ccccc54)cc(-n4c5ccccc5c5ccccc54)n3)c2)cc1. The molecule has 302 valence electrons. The van der Waals surface area contributed by atoms with Gasteiger partial charge in [0.25, 0.3) is 0 Å². The lowest BCUT2D eigenvalue weighted by molar-refractivity contribution is 0.444. The van der Waals surface area contributed by atoms with E-state index in [-0.39, 0.29) is 0 Å². The minimum absolute atomic E-state index is 0.418. The van der Waals surface area contributed by atoms with Crippen molar-refractivity contribution in [2.45, 2.75) is 38.0 Å². The van der Waals surface area contributed by atoms with Crippen LogP contribution in [0.25, 0.3) is 66.6 Å². The zero-order valence-electron chi connectivity index (χ0n) is 35.1. The molecule has 12 rings (SSSR count). The maximum atomic E-state index is 5.77. The standard InChI is InChI=1S/C58H46N4Si/c1-5-21-41(22-6-1)46-38-37-45(63(42-23-7-2-8-24-42,43-25-9-3-10-26-43)44-27-11-4-12-28-44)39-51(46)58-59-56(61-52-33-17-13-29-47(52)48-30-14-18-34-53(48)61)40-57(60-58)62-54-35-19-15-31-49(54)50-32-16-20-36-55(50)62/h2-4,7-20,23-41H,1,5-6,21-22H2. The molecule has 0 unspecified atom stereocenters. The van der Waals surface area contributed by atoms with E-state index in [0.29, 0.717) is 5.92 Å². The summed E-state index contributed by atoms with van der Waals surface area (Å²) in [6, 6.07) is 78.3. The van der Waals surface area contributed by atoms with Crippen LogP contribution in [-0.2, 0) is 0 Å². The predicted octanol–water partition coefficient (Wildman–Crippen LogP) is 11.8. The van der Waals surface area contributed by atoms with E-state index in [9.17, 15) is 0 Å². The highest BCUT2D eigenvalue weighted by molar-refractivity contribution is 7.19. The van der Waals surface area contributed by atoms with E-state index in [2.05, 4.69) is 221 Å². The zero-order valence-corrected chi connectivity index (χ0v) is 36.1. The van der Waals surface area contributed by atoms with Gasteiger partial charge in [-0.1, -0.05) is 201 Å². The van der Waals surface area contributed by atoms with Crippen molar-refractivity contribution in [1.82, 2.24) is 19.1 Å². The van der Waals surface area contributed by atoms with E-state index in [4.69, 9.17) is 9.97 Å². The number of benzene rings is 8. The topological polar surface area (TPSA) is 35.6 Å². The molecular weight excluding hydrogens is 781 g/mol. The Hall–Kier alpha value is -7.34. The van der Waals surface area contributed by atoms with Crippen LogP contribution in [-0.4, -0.2) is 27.2 Å². The first-order chi connectivity index (χ1) is 31.3. The van der Waals surface area contributed by atoms with Crippen LogP contribution in [0.2, 0.25) is 0 Å². The van der Waals surface area contributed by atoms with E-state index in [1.54, 1.807) is 0 Å². The molecule has 11 aromatic rings. The molecule has 3 aromatic heterocycles. The Morgan fingerprint density at radius 3 is 1.16 bits per heavy atom. The maximum absolute atomic E-state index is 5.77. The number of nitrogens with zero attached hydrogens (tertiary/aromatic N) is 4. The highest BCUT2D eigenvalue weighted by Crippen LogP contribution is 2.40. The van der Waals surface area contributed by atoms with E-state index in [1.807, 2.05) is 0 Å². The lowest BCUT2D eigenvalue weighted by Crippen LogP contribution is -2.74. The molecule has 63 heavy (non-hydrogen) atoms. The fraction of sp³-hybridized carbons (Fsp3) is 0.103. The molecule has 1 fully saturated rings. The third-order valence-electron chi connectivity index (χ3n) is 13.7. The minimum atomic E-state index is -2.88. The van der Waals surface area contributed by atoms with Crippen molar-refractivity contribution >= 4 is 72.4 Å². The minimum Gasteiger partial charge on any atom is -0.294 e. The molecule has 1 aliphatic carbocycles. The molecule has 0 radical (unpaired) electrons. The molecule has 0 spiro atoms. The van der Waals surface area contributed by atoms with Gasteiger partial charge >= 0.3 is 0 Å². The first-order valence-electron chi connectivity index (χ1n) is 22.4. The Morgan fingerprint density at radius 2 is 0.746 bits per heavy atom. The Morgan fingerprint density at radius 1 is 0.365 bits per heavy atom. The van der Waals surface area contributed by atoms with Crippen LogP contribution >= 0.6 is 0 Å². The van der Waals surface area contributed by atoms with E-state index < -0.39 is 8.07 Å². The molecule has 3 heterocycles. The van der Waals surface area contributed by atoms with Gasteiger partial charge in [-0.05, 0) is 69.3 Å². The summed E-state index contributed by atoms with van der Waals surface area (Å²) in [6.45, 7) is 0. The Kier molecular flexibility index (Phi) is 9.23. The van der Waals surface area contributed by atoms with E-state index in [0.717, 1.165) is 57.9 Å². The van der Waals surface area contributed by atoms with Crippen molar-refractivity contribution in [3.05, 3.63) is 218 Å². The summed E-state index contributed by atoms with van der Waals surface area (Å²) >= 11 is 0. The number of aromatic nitrogens is 4. The van der Waals surface area contributed by atoms with E-state index in [1.165, 1.54) is 67.1 Å². The predicted molar refractivity (Wildman–Crippen MR) is 266 cm³/mol.